The molecule has 0 unspecified atom stereocenters. The van der Waals surface area contributed by atoms with Crippen molar-refractivity contribution in [1.29, 1.82) is 0 Å². The molecule has 0 N–H and O–H groups in total. The van der Waals surface area contributed by atoms with E-state index in [1.54, 1.807) is 0 Å². The molecule has 0 aliphatic carbocycles. The summed E-state index contributed by atoms with van der Waals surface area (Å²) < 4.78 is 24.7. The molecule has 5 rings (SSSR count). The fourth-order valence-electron chi connectivity index (χ4n) is 4.78. The lowest BCUT2D eigenvalue weighted by Gasteiger charge is -2.36. The number of benzene rings is 3. The molecule has 0 saturated heterocycles. The van der Waals surface area contributed by atoms with Crippen LogP contribution in [0.3, 0.4) is 0 Å². The highest BCUT2D eigenvalue weighted by Crippen LogP contribution is 2.45. The maximum Gasteiger partial charge on any atom is 0.129 e. The van der Waals surface area contributed by atoms with Crippen molar-refractivity contribution in [3.63, 3.8) is 0 Å². The third-order valence-corrected chi connectivity index (χ3v) is 6.53. The average Bonchev–Trinajstić information content (AvgIpc) is 2.82. The van der Waals surface area contributed by atoms with E-state index < -0.39 is 0 Å². The molecule has 3 aromatic rings. The quantitative estimate of drug-likeness (QED) is 0.436. The fourth-order valence-corrected chi connectivity index (χ4v) is 4.78. The summed E-state index contributed by atoms with van der Waals surface area (Å²) in [6.07, 6.45) is 2.91. The Labute approximate surface area is 196 Å². The smallest absolute Gasteiger partial charge is 0.129 e. The summed E-state index contributed by atoms with van der Waals surface area (Å²) in [6, 6.07) is 20.7. The van der Waals surface area contributed by atoms with Gasteiger partial charge in [-0.05, 0) is 63.3 Å². The van der Waals surface area contributed by atoms with Crippen molar-refractivity contribution in [3.05, 3.63) is 82.9 Å². The molecular formula is C29H32O4. The number of ether oxygens (including phenoxy) is 4. The Balaban J connectivity index is 1.40. The van der Waals surface area contributed by atoms with Gasteiger partial charge in [-0.25, -0.2) is 0 Å². The van der Waals surface area contributed by atoms with Crippen LogP contribution in [0.25, 0.3) is 0 Å². The zero-order valence-electron chi connectivity index (χ0n) is 19.7. The molecule has 4 nitrogen and oxygen atoms in total. The summed E-state index contributed by atoms with van der Waals surface area (Å²) in [5, 5.41) is 0. The maximum absolute atomic E-state index is 6.39. The van der Waals surface area contributed by atoms with Gasteiger partial charge in [-0.3, -0.25) is 0 Å². The summed E-state index contributed by atoms with van der Waals surface area (Å²) in [4.78, 5) is 0. The first kappa shape index (κ1) is 21.7. The molecule has 0 bridgehead atoms. The lowest BCUT2D eigenvalue weighted by Crippen LogP contribution is -2.33. The first-order chi connectivity index (χ1) is 16.0. The molecule has 172 valence electrons. The van der Waals surface area contributed by atoms with Gasteiger partial charge in [0.25, 0.3) is 0 Å². The van der Waals surface area contributed by atoms with E-state index in [0.717, 1.165) is 53.4 Å². The molecule has 0 amide bonds. The topological polar surface area (TPSA) is 36.9 Å². The van der Waals surface area contributed by atoms with E-state index in [4.69, 9.17) is 18.9 Å². The van der Waals surface area contributed by atoms with E-state index in [-0.39, 0.29) is 11.5 Å². The van der Waals surface area contributed by atoms with Crippen LogP contribution in [-0.4, -0.2) is 18.8 Å². The van der Waals surface area contributed by atoms with Crippen molar-refractivity contribution < 1.29 is 18.9 Å². The summed E-state index contributed by atoms with van der Waals surface area (Å²) in [6.45, 7) is 8.07. The Kier molecular flexibility index (Phi) is 5.92. The van der Waals surface area contributed by atoms with Gasteiger partial charge in [0.1, 0.15) is 35.2 Å². The lowest BCUT2D eigenvalue weighted by molar-refractivity contribution is 0.0826. The molecule has 2 aliphatic heterocycles. The summed E-state index contributed by atoms with van der Waals surface area (Å²) in [7, 11) is 0. The minimum atomic E-state index is -0.119. The van der Waals surface area contributed by atoms with E-state index in [1.165, 1.54) is 11.1 Å². The van der Waals surface area contributed by atoms with Gasteiger partial charge in [-0.1, -0.05) is 42.5 Å². The number of hydrogen-bond donors (Lipinski definition) is 0. The third kappa shape index (κ3) is 4.66. The van der Waals surface area contributed by atoms with Crippen LogP contribution in [0.1, 0.15) is 55.4 Å². The zero-order valence-corrected chi connectivity index (χ0v) is 19.7. The van der Waals surface area contributed by atoms with Gasteiger partial charge in [0.05, 0.1) is 13.2 Å². The van der Waals surface area contributed by atoms with Gasteiger partial charge in [-0.2, -0.15) is 0 Å². The molecule has 3 aromatic carbocycles. The Morgan fingerprint density at radius 3 is 2.67 bits per heavy atom. The second-order valence-electron chi connectivity index (χ2n) is 9.51. The van der Waals surface area contributed by atoms with Crippen molar-refractivity contribution in [2.75, 3.05) is 13.2 Å². The molecule has 0 saturated carbocycles. The second-order valence-corrected chi connectivity index (χ2v) is 9.51. The minimum absolute atomic E-state index is 0.119. The van der Waals surface area contributed by atoms with Crippen LogP contribution in [0.15, 0.2) is 60.7 Å². The van der Waals surface area contributed by atoms with Gasteiger partial charge < -0.3 is 18.9 Å². The standard InChI is InChI=1S/C29H32O4/c1-4-30-23-11-12-24(27(17-23)31-18-20-8-6-5-7-9-20)22-16-21-10-13-26-25(28(21)32-19-22)14-15-29(2,3)33-26/h5-13,17,22H,4,14-16,18-19H2,1-3H3/t22-/m1/s1. The Morgan fingerprint density at radius 2 is 1.85 bits per heavy atom. The average molecular weight is 445 g/mol. The van der Waals surface area contributed by atoms with E-state index in [2.05, 4.69) is 44.2 Å². The molecule has 0 fully saturated rings. The van der Waals surface area contributed by atoms with Crippen molar-refractivity contribution >= 4 is 0 Å². The van der Waals surface area contributed by atoms with Crippen molar-refractivity contribution in [3.8, 4) is 23.0 Å². The summed E-state index contributed by atoms with van der Waals surface area (Å²) >= 11 is 0. The Hall–Kier alpha value is -3.14. The van der Waals surface area contributed by atoms with E-state index >= 15 is 0 Å². The Morgan fingerprint density at radius 1 is 1.00 bits per heavy atom. The lowest BCUT2D eigenvalue weighted by atomic mass is 9.86. The third-order valence-electron chi connectivity index (χ3n) is 6.53. The van der Waals surface area contributed by atoms with Crippen LogP contribution in [0, 0.1) is 0 Å². The van der Waals surface area contributed by atoms with Crippen LogP contribution in [0.5, 0.6) is 23.0 Å². The molecule has 2 aliphatic rings. The van der Waals surface area contributed by atoms with E-state index in [0.29, 0.717) is 19.8 Å². The second kappa shape index (κ2) is 9.01. The van der Waals surface area contributed by atoms with Crippen LogP contribution in [0.4, 0.5) is 0 Å². The summed E-state index contributed by atoms with van der Waals surface area (Å²) in [5.41, 5.74) is 4.65. The van der Waals surface area contributed by atoms with E-state index in [1.807, 2.05) is 37.3 Å². The highest BCUT2D eigenvalue weighted by molar-refractivity contribution is 5.54. The highest BCUT2D eigenvalue weighted by atomic mass is 16.5. The molecule has 33 heavy (non-hydrogen) atoms. The van der Waals surface area contributed by atoms with Gasteiger partial charge in [0.15, 0.2) is 0 Å². The number of rotatable bonds is 6. The molecule has 0 radical (unpaired) electrons. The minimum Gasteiger partial charge on any atom is -0.494 e. The van der Waals surface area contributed by atoms with Crippen molar-refractivity contribution in [2.24, 2.45) is 0 Å². The van der Waals surface area contributed by atoms with Gasteiger partial charge >= 0.3 is 0 Å². The predicted octanol–water partition coefficient (Wildman–Crippen LogP) is 6.49. The monoisotopic (exact) mass is 444 g/mol. The largest absolute Gasteiger partial charge is 0.494 e. The first-order valence-corrected chi connectivity index (χ1v) is 11.9. The van der Waals surface area contributed by atoms with Gasteiger partial charge in [0, 0.05) is 23.1 Å². The normalized spacial score (nSPS) is 18.3. The molecule has 2 heterocycles. The molecule has 1 atom stereocenters. The van der Waals surface area contributed by atoms with Crippen molar-refractivity contribution in [2.45, 2.75) is 58.2 Å². The molecular weight excluding hydrogens is 412 g/mol. The summed E-state index contributed by atoms with van der Waals surface area (Å²) in [5.74, 6) is 3.91. The fraction of sp³-hybridized carbons (Fsp3) is 0.379. The molecule has 4 heteroatoms. The van der Waals surface area contributed by atoms with Gasteiger partial charge in [0.2, 0.25) is 0 Å². The predicted molar refractivity (Wildman–Crippen MR) is 130 cm³/mol. The van der Waals surface area contributed by atoms with Crippen molar-refractivity contribution in [1.82, 2.24) is 0 Å². The highest BCUT2D eigenvalue weighted by Gasteiger charge is 2.32. The van der Waals surface area contributed by atoms with Crippen LogP contribution >= 0.6 is 0 Å². The number of hydrogen-bond acceptors (Lipinski definition) is 4. The van der Waals surface area contributed by atoms with Crippen LogP contribution in [-0.2, 0) is 19.4 Å². The first-order valence-electron chi connectivity index (χ1n) is 11.9. The maximum atomic E-state index is 6.39. The molecule has 0 aromatic heterocycles. The number of fused-ring (bicyclic) bond motifs is 3. The van der Waals surface area contributed by atoms with E-state index in [9.17, 15) is 0 Å². The SMILES string of the molecule is CCOc1ccc([C@H]2COc3c(ccc4c3CCC(C)(C)O4)C2)c(OCc2ccccc2)c1. The Bertz CT molecular complexity index is 1120. The zero-order chi connectivity index (χ0) is 22.8. The van der Waals surface area contributed by atoms with Crippen LogP contribution < -0.4 is 18.9 Å². The van der Waals surface area contributed by atoms with Crippen LogP contribution in [0.2, 0.25) is 0 Å². The van der Waals surface area contributed by atoms with Gasteiger partial charge in [-0.15, -0.1) is 0 Å². The molecule has 0 spiro atoms.